The Labute approximate surface area is 246 Å². The molecular weight excluding hydrogens is 581 g/mol. The first-order valence-corrected chi connectivity index (χ1v) is 21.1. The molecule has 2 aromatic heterocycles. The Hall–Kier alpha value is -1.89. The van der Waals surface area contributed by atoms with Crippen molar-refractivity contribution in [3.63, 3.8) is 0 Å². The van der Waals surface area contributed by atoms with Crippen molar-refractivity contribution in [1.82, 2.24) is 19.5 Å². The van der Waals surface area contributed by atoms with Gasteiger partial charge in [-0.1, -0.05) is 41.5 Å². The molecule has 0 bridgehead atoms. The number of rotatable bonds is 7. The number of ether oxygens (including phenoxy) is 1. The second-order valence-corrected chi connectivity index (χ2v) is 25.2. The summed E-state index contributed by atoms with van der Waals surface area (Å²) >= 11 is 0. The van der Waals surface area contributed by atoms with Crippen molar-refractivity contribution >= 4 is 43.7 Å². The molecule has 1 unspecified atom stereocenters. The van der Waals surface area contributed by atoms with Crippen LogP contribution in [0.1, 0.15) is 47.8 Å². The number of anilines is 1. The van der Waals surface area contributed by atoms with E-state index in [4.69, 9.17) is 23.5 Å². The van der Waals surface area contributed by atoms with E-state index in [1.54, 1.807) is 10.9 Å². The lowest BCUT2D eigenvalue weighted by atomic mass is 9.89. The van der Waals surface area contributed by atoms with Gasteiger partial charge in [0, 0.05) is 14.1 Å². The number of hydrogen-bond donors (Lipinski definition) is 1. The summed E-state index contributed by atoms with van der Waals surface area (Å²) in [5, 5.41) is 0.680. The molecule has 4 rings (SSSR count). The van der Waals surface area contributed by atoms with Crippen molar-refractivity contribution in [2.45, 2.75) is 102 Å². The predicted octanol–water partition coefficient (Wildman–Crippen LogP) is 4.10. The fourth-order valence-electron chi connectivity index (χ4n) is 4.57. The van der Waals surface area contributed by atoms with Crippen LogP contribution in [0.25, 0.3) is 11.2 Å². The maximum atomic E-state index is 13.0. The Bertz CT molecular complexity index is 1450. The zero-order chi connectivity index (χ0) is 31.0. The second-order valence-electron chi connectivity index (χ2n) is 14.2. The molecule has 0 amide bonds. The van der Waals surface area contributed by atoms with Crippen molar-refractivity contribution in [1.29, 1.82) is 0 Å². The van der Waals surface area contributed by atoms with E-state index >= 15 is 0 Å². The Morgan fingerprint density at radius 2 is 1.66 bits per heavy atom. The number of hydrogen-bond acceptors (Lipinski definition) is 11. The van der Waals surface area contributed by atoms with Gasteiger partial charge in [-0.15, -0.1) is 0 Å². The van der Waals surface area contributed by atoms with E-state index in [2.05, 4.69) is 82.7 Å². The van der Waals surface area contributed by atoms with Crippen molar-refractivity contribution in [3.05, 3.63) is 23.8 Å². The van der Waals surface area contributed by atoms with Crippen LogP contribution >= 0.6 is 0 Å². The highest BCUT2D eigenvalue weighted by Crippen LogP contribution is 2.52. The maximum absolute atomic E-state index is 13.0. The minimum absolute atomic E-state index is 0.0283. The largest absolute Gasteiger partial charge is 0.414 e. The van der Waals surface area contributed by atoms with Gasteiger partial charge in [0.15, 0.2) is 45.4 Å². The summed E-state index contributed by atoms with van der Waals surface area (Å²) in [6.45, 7) is 21.3. The highest BCUT2D eigenvalue weighted by molar-refractivity contribution is 7.90. The molecule has 41 heavy (non-hydrogen) atoms. The van der Waals surface area contributed by atoms with Gasteiger partial charge in [-0.2, -0.15) is 8.42 Å². The van der Waals surface area contributed by atoms with Crippen LogP contribution in [0, 0.1) is 0 Å². The molecule has 1 fully saturated rings. The Kier molecular flexibility index (Phi) is 7.89. The van der Waals surface area contributed by atoms with Gasteiger partial charge in [0.1, 0.15) is 18.5 Å². The topological polar surface area (TPSA) is 144 Å². The van der Waals surface area contributed by atoms with Crippen LogP contribution in [0.15, 0.2) is 23.8 Å². The summed E-state index contributed by atoms with van der Waals surface area (Å²) < 4.78 is 54.0. The van der Waals surface area contributed by atoms with E-state index in [0.29, 0.717) is 17.0 Å². The van der Waals surface area contributed by atoms with Crippen LogP contribution in [0.5, 0.6) is 0 Å². The minimum atomic E-state index is -4.11. The molecule has 1 saturated heterocycles. The van der Waals surface area contributed by atoms with Gasteiger partial charge < -0.3 is 24.2 Å². The first kappa shape index (κ1) is 32.0. The van der Waals surface area contributed by atoms with Gasteiger partial charge in [0.25, 0.3) is 10.1 Å². The molecule has 4 atom stereocenters. The Morgan fingerprint density at radius 1 is 1.05 bits per heavy atom. The third-order valence-corrected chi connectivity index (χ3v) is 19.1. The van der Waals surface area contributed by atoms with Crippen LogP contribution in [0.3, 0.4) is 0 Å². The van der Waals surface area contributed by atoms with Crippen LogP contribution in [-0.4, -0.2) is 83.1 Å². The molecule has 2 N–H and O–H groups in total. The fraction of sp³-hybridized carbons (Fsp3) is 0.731. The summed E-state index contributed by atoms with van der Waals surface area (Å²) in [5.41, 5.74) is 6.06. The number of nitrogens with zero attached hydrogens (tertiary/aromatic N) is 5. The quantitative estimate of drug-likeness (QED) is 0.350. The van der Waals surface area contributed by atoms with Gasteiger partial charge in [-0.3, -0.25) is 4.57 Å². The third kappa shape index (κ3) is 5.49. The normalized spacial score (nSPS) is 27.1. The molecule has 1 spiro atoms. The van der Waals surface area contributed by atoms with E-state index in [1.807, 2.05) is 19.0 Å². The van der Waals surface area contributed by atoms with Gasteiger partial charge in [-0.05, 0) is 36.3 Å². The molecule has 2 aromatic rings. The van der Waals surface area contributed by atoms with Crippen molar-refractivity contribution in [3.8, 4) is 0 Å². The van der Waals surface area contributed by atoms with Crippen LogP contribution in [0.4, 0.5) is 5.82 Å². The van der Waals surface area contributed by atoms with Crippen molar-refractivity contribution in [2.24, 2.45) is 5.73 Å². The molecule has 0 aromatic carbocycles. The van der Waals surface area contributed by atoms with Gasteiger partial charge in [0.2, 0.25) is 0 Å². The molecule has 0 saturated carbocycles. The third-order valence-electron chi connectivity index (χ3n) is 9.11. The number of aromatic nitrogens is 4. The van der Waals surface area contributed by atoms with Crippen LogP contribution < -0.4 is 10.6 Å². The minimum Gasteiger partial charge on any atom is -0.414 e. The molecule has 12 nitrogen and oxygen atoms in total. The maximum Gasteiger partial charge on any atom is 0.292 e. The summed E-state index contributed by atoms with van der Waals surface area (Å²) in [4.78, 5) is 15.4. The summed E-state index contributed by atoms with van der Waals surface area (Å²) in [5.74, 6) is 0.639. The smallest absolute Gasteiger partial charge is 0.292 e. The lowest BCUT2D eigenvalue weighted by molar-refractivity contribution is -0.0535. The molecule has 2 aliphatic heterocycles. The van der Waals surface area contributed by atoms with Gasteiger partial charge >= 0.3 is 0 Å². The van der Waals surface area contributed by atoms with E-state index in [1.165, 1.54) is 6.33 Å². The molecule has 4 heterocycles. The van der Waals surface area contributed by atoms with E-state index in [-0.39, 0.29) is 22.4 Å². The molecule has 230 valence electrons. The van der Waals surface area contributed by atoms with E-state index in [0.717, 1.165) is 5.41 Å². The fourth-order valence-corrected chi connectivity index (χ4v) is 8.07. The van der Waals surface area contributed by atoms with Gasteiger partial charge in [-0.25, -0.2) is 19.1 Å². The lowest BCUT2D eigenvalue weighted by Gasteiger charge is -2.43. The number of nitrogens with two attached hydrogens (primary N) is 1. The highest BCUT2D eigenvalue weighted by Gasteiger charge is 2.67. The molecule has 2 aliphatic rings. The Balaban J connectivity index is 1.91. The van der Waals surface area contributed by atoms with E-state index < -0.39 is 50.8 Å². The molecular formula is C26H46N6O6SSi2. The zero-order valence-electron chi connectivity index (χ0n) is 26.3. The monoisotopic (exact) mass is 626 g/mol. The zero-order valence-corrected chi connectivity index (χ0v) is 29.2. The molecule has 0 radical (unpaired) electrons. The average Bonchev–Trinajstić information content (AvgIpc) is 3.42. The molecule has 15 heteroatoms. The number of imidazole rings is 1. The summed E-state index contributed by atoms with van der Waals surface area (Å²) in [6, 6.07) is 0. The summed E-state index contributed by atoms with van der Waals surface area (Å²) in [7, 11) is -5.18. The van der Waals surface area contributed by atoms with Crippen molar-refractivity contribution < 1.29 is 26.2 Å². The predicted molar refractivity (Wildman–Crippen MR) is 164 cm³/mol. The first-order chi connectivity index (χ1) is 18.5. The number of fused-ring (bicyclic) bond motifs is 1. The van der Waals surface area contributed by atoms with Crippen LogP contribution in [-0.2, 0) is 27.9 Å². The highest BCUT2D eigenvalue weighted by atomic mass is 32.2. The SMILES string of the molecule is CN(C)c1ncnc2c1ncn2[C@@H]1O[C@H](CO[Si](C)(C)C(C)(C)C)C2(OS(=O)(=O)C=C2N)[C@H]1O[Si](C)(C)C(C)(C)C. The van der Waals surface area contributed by atoms with Crippen LogP contribution in [0.2, 0.25) is 36.3 Å². The Morgan fingerprint density at radius 3 is 2.17 bits per heavy atom. The van der Waals surface area contributed by atoms with Gasteiger partial charge in [0.05, 0.1) is 24.0 Å². The standard InChI is InChI=1S/C26H46N6O6SSi2/c1-24(2,3)40(9,10)35-13-18-26(17(27)14-39(33,34)38-26)20(37-41(11,12)25(4,5)6)23(36-18)32-16-30-19-21(31(7)8)28-15-29-22(19)32/h14-16,18,20,23H,13,27H2,1-12H3/t18-,20+,23-,26?/m1/s1. The molecule has 0 aliphatic carbocycles. The summed E-state index contributed by atoms with van der Waals surface area (Å²) in [6.07, 6.45) is 0.380. The van der Waals surface area contributed by atoms with E-state index in [9.17, 15) is 8.42 Å². The first-order valence-electron chi connectivity index (χ1n) is 13.8. The van der Waals surface area contributed by atoms with Crippen molar-refractivity contribution in [2.75, 3.05) is 25.6 Å². The second kappa shape index (κ2) is 10.1. The lowest BCUT2D eigenvalue weighted by Crippen LogP contribution is -2.59. The average molecular weight is 627 g/mol.